The van der Waals surface area contributed by atoms with E-state index in [0.29, 0.717) is 17.4 Å². The molecule has 0 radical (unpaired) electrons. The first-order valence-electron chi connectivity index (χ1n) is 9.95. The van der Waals surface area contributed by atoms with Gasteiger partial charge in [0.2, 0.25) is 0 Å². The fraction of sp³-hybridized carbons (Fsp3) is 0.0400. The second kappa shape index (κ2) is 8.54. The van der Waals surface area contributed by atoms with E-state index in [9.17, 15) is 4.79 Å². The van der Waals surface area contributed by atoms with E-state index in [0.717, 1.165) is 37.2 Å². The summed E-state index contributed by atoms with van der Waals surface area (Å²) in [7, 11) is 0. The molecule has 32 heavy (non-hydrogen) atoms. The van der Waals surface area contributed by atoms with Crippen LogP contribution in [0.1, 0.15) is 11.1 Å². The molecule has 1 N–H and O–H groups in total. The van der Waals surface area contributed by atoms with Gasteiger partial charge in [0.1, 0.15) is 5.70 Å². The smallest absolute Gasteiger partial charge is 0.281 e. The maximum Gasteiger partial charge on any atom is 0.281 e. The summed E-state index contributed by atoms with van der Waals surface area (Å²) in [6.45, 7) is 0.622. The van der Waals surface area contributed by atoms with Gasteiger partial charge < -0.3 is 9.88 Å². The van der Waals surface area contributed by atoms with Gasteiger partial charge in [-0.25, -0.2) is 0 Å². The van der Waals surface area contributed by atoms with Crippen molar-refractivity contribution < 1.29 is 4.79 Å². The van der Waals surface area contributed by atoms with E-state index in [1.54, 1.807) is 0 Å². The van der Waals surface area contributed by atoms with Gasteiger partial charge in [0, 0.05) is 38.7 Å². The van der Waals surface area contributed by atoms with Gasteiger partial charge in [-0.2, -0.15) is 0 Å². The Morgan fingerprint density at radius 2 is 1.78 bits per heavy atom. The van der Waals surface area contributed by atoms with Crippen LogP contribution in [-0.2, 0) is 11.3 Å². The minimum absolute atomic E-state index is 0.178. The topological polar surface area (TPSA) is 37.3 Å². The van der Waals surface area contributed by atoms with Crippen molar-refractivity contribution >= 4 is 73.4 Å². The third-order valence-electron chi connectivity index (χ3n) is 5.36. The van der Waals surface area contributed by atoms with Crippen molar-refractivity contribution in [2.24, 2.45) is 0 Å². The number of hydrogen-bond donors (Lipinski definition) is 1. The number of carbonyl (C=O) groups excluding carboxylic acids is 1. The predicted molar refractivity (Wildman–Crippen MR) is 138 cm³/mol. The molecule has 1 saturated heterocycles. The van der Waals surface area contributed by atoms with Crippen molar-refractivity contribution in [2.45, 2.75) is 6.54 Å². The summed E-state index contributed by atoms with van der Waals surface area (Å²) in [6.07, 6.45) is 3.89. The Kier molecular flexibility index (Phi) is 5.59. The van der Waals surface area contributed by atoms with Gasteiger partial charge in [0.15, 0.2) is 5.11 Å². The molecule has 158 valence electrons. The first kappa shape index (κ1) is 20.9. The number of benzene rings is 3. The molecule has 4 aromatic rings. The average molecular weight is 523 g/mol. The maximum atomic E-state index is 13.1. The summed E-state index contributed by atoms with van der Waals surface area (Å²) >= 11 is 15.4. The number of aromatic nitrogens is 1. The predicted octanol–water partition coefficient (Wildman–Crippen LogP) is 6.37. The van der Waals surface area contributed by atoms with Gasteiger partial charge >= 0.3 is 0 Å². The molecule has 0 spiro atoms. The third kappa shape index (κ3) is 3.86. The summed E-state index contributed by atoms with van der Waals surface area (Å²) in [4.78, 5) is 14.7. The summed E-state index contributed by atoms with van der Waals surface area (Å²) in [6, 6.07) is 23.3. The molecule has 1 aliphatic rings. The molecule has 7 heteroatoms. The first-order chi connectivity index (χ1) is 15.5. The molecule has 5 rings (SSSR count). The van der Waals surface area contributed by atoms with Crippen LogP contribution in [0.3, 0.4) is 0 Å². The number of anilines is 1. The Morgan fingerprint density at radius 1 is 1.03 bits per heavy atom. The summed E-state index contributed by atoms with van der Waals surface area (Å²) in [5.74, 6) is -0.178. The van der Waals surface area contributed by atoms with Crippen LogP contribution in [0.4, 0.5) is 5.69 Å². The van der Waals surface area contributed by atoms with Crippen LogP contribution in [0.5, 0.6) is 0 Å². The van der Waals surface area contributed by atoms with Crippen molar-refractivity contribution in [2.75, 3.05) is 4.90 Å². The lowest BCUT2D eigenvalue weighted by atomic mass is 10.1. The van der Waals surface area contributed by atoms with Gasteiger partial charge in [0.05, 0.1) is 5.69 Å². The summed E-state index contributed by atoms with van der Waals surface area (Å²) < 4.78 is 3.11. The lowest BCUT2D eigenvalue weighted by Gasteiger charge is -2.13. The van der Waals surface area contributed by atoms with Gasteiger partial charge in [-0.15, -0.1) is 0 Å². The molecule has 0 aliphatic carbocycles. The highest BCUT2D eigenvalue weighted by atomic mass is 79.9. The molecule has 0 bridgehead atoms. The van der Waals surface area contributed by atoms with Crippen LogP contribution in [0, 0.1) is 0 Å². The number of amides is 1. The van der Waals surface area contributed by atoms with E-state index >= 15 is 0 Å². The zero-order valence-electron chi connectivity index (χ0n) is 16.8. The van der Waals surface area contributed by atoms with Crippen LogP contribution >= 0.6 is 39.7 Å². The molecule has 1 aromatic heterocycles. The maximum absolute atomic E-state index is 13.1. The van der Waals surface area contributed by atoms with E-state index in [-0.39, 0.29) is 5.91 Å². The van der Waals surface area contributed by atoms with Crippen LogP contribution in [0.15, 0.2) is 89.2 Å². The molecule has 4 nitrogen and oxygen atoms in total. The second-order valence-electron chi connectivity index (χ2n) is 7.43. The van der Waals surface area contributed by atoms with Gasteiger partial charge in [-0.3, -0.25) is 9.69 Å². The minimum Gasteiger partial charge on any atom is -0.342 e. The number of carbonyl (C=O) groups is 1. The third-order valence-corrected chi connectivity index (χ3v) is 6.51. The van der Waals surface area contributed by atoms with E-state index in [4.69, 9.17) is 23.8 Å². The van der Waals surface area contributed by atoms with Crippen molar-refractivity contribution in [3.05, 3.63) is 105 Å². The van der Waals surface area contributed by atoms with Gasteiger partial charge in [0.25, 0.3) is 5.91 Å². The Labute approximate surface area is 204 Å². The SMILES string of the molecule is O=C1/C(=C/c2cn(Cc3ccccc3Cl)c3ccc(Br)cc23)NC(=S)N1c1ccccc1. The molecule has 0 saturated carbocycles. The Bertz CT molecular complexity index is 1400. The molecule has 1 amide bonds. The lowest BCUT2D eigenvalue weighted by molar-refractivity contribution is -0.113. The fourth-order valence-electron chi connectivity index (χ4n) is 3.86. The standard InChI is InChI=1S/C25H17BrClN3OS/c26-18-10-11-23-20(13-18)17(15-29(23)14-16-6-4-5-9-21(16)27)12-22-24(31)30(25(32)28-22)19-7-2-1-3-8-19/h1-13,15H,14H2,(H,28,32)/b22-12-. The number of fused-ring (bicyclic) bond motifs is 1. The number of halogens is 2. The number of thiocarbonyl (C=S) groups is 1. The van der Waals surface area contributed by atoms with Crippen molar-refractivity contribution in [1.29, 1.82) is 0 Å². The van der Waals surface area contributed by atoms with Crippen LogP contribution in [0.2, 0.25) is 5.02 Å². The van der Waals surface area contributed by atoms with Crippen molar-refractivity contribution in [3.8, 4) is 0 Å². The van der Waals surface area contributed by atoms with E-state index < -0.39 is 0 Å². The average Bonchev–Trinajstić information content (AvgIpc) is 3.26. The van der Waals surface area contributed by atoms with E-state index in [1.807, 2.05) is 72.9 Å². The molecule has 1 aliphatic heterocycles. The second-order valence-corrected chi connectivity index (χ2v) is 9.14. The molecule has 0 unspecified atom stereocenters. The highest BCUT2D eigenvalue weighted by Crippen LogP contribution is 2.30. The molecule has 1 fully saturated rings. The quantitative estimate of drug-likeness (QED) is 0.250. The number of para-hydroxylation sites is 1. The zero-order valence-corrected chi connectivity index (χ0v) is 19.9. The highest BCUT2D eigenvalue weighted by Gasteiger charge is 2.32. The highest BCUT2D eigenvalue weighted by molar-refractivity contribution is 9.10. The van der Waals surface area contributed by atoms with Crippen molar-refractivity contribution in [1.82, 2.24) is 9.88 Å². The Hall–Kier alpha value is -2.93. The van der Waals surface area contributed by atoms with Crippen molar-refractivity contribution in [3.63, 3.8) is 0 Å². The zero-order chi connectivity index (χ0) is 22.2. The minimum atomic E-state index is -0.178. The normalized spacial score (nSPS) is 15.1. The number of nitrogens with one attached hydrogen (secondary N) is 1. The molecular weight excluding hydrogens is 506 g/mol. The molecular formula is C25H17BrClN3OS. The van der Waals surface area contributed by atoms with Crippen LogP contribution in [-0.4, -0.2) is 15.6 Å². The molecule has 0 atom stereocenters. The number of rotatable bonds is 4. The monoisotopic (exact) mass is 521 g/mol. The largest absolute Gasteiger partial charge is 0.342 e. The van der Waals surface area contributed by atoms with Crippen LogP contribution < -0.4 is 10.2 Å². The Balaban J connectivity index is 1.57. The number of hydrogen-bond acceptors (Lipinski definition) is 2. The first-order valence-corrected chi connectivity index (χ1v) is 11.5. The molecule has 3 aromatic carbocycles. The summed E-state index contributed by atoms with van der Waals surface area (Å²) in [5, 5.41) is 5.19. The fourth-order valence-corrected chi connectivity index (χ4v) is 4.71. The van der Waals surface area contributed by atoms with Gasteiger partial charge in [-0.1, -0.05) is 63.9 Å². The van der Waals surface area contributed by atoms with E-state index in [2.05, 4.69) is 37.9 Å². The Morgan fingerprint density at radius 3 is 2.56 bits per heavy atom. The number of nitrogens with zero attached hydrogens (tertiary/aromatic N) is 2. The lowest BCUT2D eigenvalue weighted by Crippen LogP contribution is -2.30. The van der Waals surface area contributed by atoms with Gasteiger partial charge in [-0.05, 0) is 60.3 Å². The summed E-state index contributed by atoms with van der Waals surface area (Å²) in [5.41, 5.74) is 4.17. The molecule has 2 heterocycles. The van der Waals surface area contributed by atoms with Crippen LogP contribution in [0.25, 0.3) is 17.0 Å². The van der Waals surface area contributed by atoms with E-state index in [1.165, 1.54) is 4.90 Å².